The van der Waals surface area contributed by atoms with E-state index in [1.54, 1.807) is 30.3 Å². The lowest BCUT2D eigenvalue weighted by Crippen LogP contribution is -2.21. The molecule has 3 amide bonds. The third kappa shape index (κ3) is 6.06. The first-order valence-electron chi connectivity index (χ1n) is 11.4. The van der Waals surface area contributed by atoms with Crippen molar-refractivity contribution in [1.82, 2.24) is 20.1 Å². The normalized spacial score (nSPS) is 10.8. The zero-order chi connectivity index (χ0) is 27.4. The third-order valence-electron chi connectivity index (χ3n) is 5.29. The summed E-state index contributed by atoms with van der Waals surface area (Å²) in [6.07, 6.45) is 1.40. The predicted octanol–water partition coefficient (Wildman–Crippen LogP) is 6.12. The van der Waals surface area contributed by atoms with Gasteiger partial charge in [-0.25, -0.2) is 23.2 Å². The SMILES string of the molecule is CNC(=O)c1nccc(Oc2ccc(NC(=O)Nc3cc(C(C)C)nn3-c3cc(F)cc(F)c3)cc2)c1Cl. The molecule has 4 rings (SSSR count). The van der Waals surface area contributed by atoms with Crippen molar-refractivity contribution in [3.8, 4) is 17.2 Å². The van der Waals surface area contributed by atoms with Gasteiger partial charge in [-0.15, -0.1) is 0 Å². The highest BCUT2D eigenvalue weighted by Gasteiger charge is 2.17. The van der Waals surface area contributed by atoms with Gasteiger partial charge in [0.05, 0.1) is 11.4 Å². The molecule has 196 valence electrons. The van der Waals surface area contributed by atoms with Gasteiger partial charge < -0.3 is 15.4 Å². The predicted molar refractivity (Wildman–Crippen MR) is 139 cm³/mol. The molecule has 0 aliphatic heterocycles. The number of rotatable bonds is 7. The number of ether oxygens (including phenoxy) is 1. The summed E-state index contributed by atoms with van der Waals surface area (Å²) in [5.74, 6) is -1.10. The first-order valence-corrected chi connectivity index (χ1v) is 11.8. The maximum atomic E-state index is 13.8. The maximum absolute atomic E-state index is 13.8. The number of amides is 3. The second-order valence-corrected chi connectivity index (χ2v) is 8.78. The summed E-state index contributed by atoms with van der Waals surface area (Å²) in [5, 5.41) is 12.2. The third-order valence-corrected chi connectivity index (χ3v) is 5.65. The van der Waals surface area contributed by atoms with Crippen molar-refractivity contribution in [3.63, 3.8) is 0 Å². The van der Waals surface area contributed by atoms with Crippen LogP contribution in [0.3, 0.4) is 0 Å². The molecule has 9 nitrogen and oxygen atoms in total. The molecule has 0 fully saturated rings. The maximum Gasteiger partial charge on any atom is 0.324 e. The minimum absolute atomic E-state index is 0.00662. The first-order chi connectivity index (χ1) is 18.1. The number of nitrogens with one attached hydrogen (secondary N) is 3. The number of nitrogens with zero attached hydrogens (tertiary/aromatic N) is 3. The van der Waals surface area contributed by atoms with Crippen LogP contribution >= 0.6 is 11.6 Å². The summed E-state index contributed by atoms with van der Waals surface area (Å²) in [6.45, 7) is 3.82. The molecule has 2 aromatic heterocycles. The van der Waals surface area contributed by atoms with Crippen LogP contribution in [0.15, 0.2) is 60.8 Å². The number of anilines is 2. The van der Waals surface area contributed by atoms with Gasteiger partial charge in [-0.3, -0.25) is 10.1 Å². The number of aromatic nitrogens is 3. The average Bonchev–Trinajstić information content (AvgIpc) is 3.29. The molecule has 12 heteroatoms. The zero-order valence-corrected chi connectivity index (χ0v) is 21.3. The first kappa shape index (κ1) is 26.6. The highest BCUT2D eigenvalue weighted by molar-refractivity contribution is 6.34. The fourth-order valence-corrected chi connectivity index (χ4v) is 3.66. The molecule has 4 aromatic rings. The van der Waals surface area contributed by atoms with E-state index in [4.69, 9.17) is 16.3 Å². The van der Waals surface area contributed by atoms with Gasteiger partial charge in [-0.1, -0.05) is 25.4 Å². The van der Waals surface area contributed by atoms with Crippen molar-refractivity contribution in [1.29, 1.82) is 0 Å². The van der Waals surface area contributed by atoms with E-state index < -0.39 is 23.6 Å². The van der Waals surface area contributed by atoms with Gasteiger partial charge in [-0.05, 0) is 42.3 Å². The van der Waals surface area contributed by atoms with E-state index in [1.807, 2.05) is 13.8 Å². The number of pyridine rings is 1. The molecular weight excluding hydrogens is 518 g/mol. The Kier molecular flexibility index (Phi) is 7.87. The van der Waals surface area contributed by atoms with Gasteiger partial charge in [-0.2, -0.15) is 5.10 Å². The largest absolute Gasteiger partial charge is 0.456 e. The molecule has 2 aromatic carbocycles. The van der Waals surface area contributed by atoms with Crippen LogP contribution < -0.4 is 20.7 Å². The molecule has 0 radical (unpaired) electrons. The number of carbonyl (C=O) groups excluding carboxylic acids is 2. The lowest BCUT2D eigenvalue weighted by atomic mass is 10.1. The van der Waals surface area contributed by atoms with Crippen LogP contribution in [0.2, 0.25) is 5.02 Å². The van der Waals surface area contributed by atoms with Crippen LogP contribution in [0.1, 0.15) is 35.9 Å². The molecule has 2 heterocycles. The van der Waals surface area contributed by atoms with Crippen molar-refractivity contribution in [2.45, 2.75) is 19.8 Å². The minimum Gasteiger partial charge on any atom is -0.456 e. The van der Waals surface area contributed by atoms with Gasteiger partial charge in [0.25, 0.3) is 5.91 Å². The molecule has 0 bridgehead atoms. The molecule has 38 heavy (non-hydrogen) atoms. The Morgan fingerprint density at radius 2 is 1.68 bits per heavy atom. The van der Waals surface area contributed by atoms with Crippen molar-refractivity contribution >= 4 is 35.0 Å². The van der Waals surface area contributed by atoms with Crippen LogP contribution in [0.5, 0.6) is 11.5 Å². The Morgan fingerprint density at radius 1 is 1.00 bits per heavy atom. The number of hydrogen-bond acceptors (Lipinski definition) is 5. The molecule has 0 saturated carbocycles. The van der Waals surface area contributed by atoms with Gasteiger partial charge in [0.15, 0.2) is 0 Å². The second-order valence-electron chi connectivity index (χ2n) is 8.40. The smallest absolute Gasteiger partial charge is 0.324 e. The Balaban J connectivity index is 1.48. The van der Waals surface area contributed by atoms with E-state index in [0.717, 1.165) is 18.2 Å². The van der Waals surface area contributed by atoms with Gasteiger partial charge in [0, 0.05) is 37.1 Å². The van der Waals surface area contributed by atoms with Crippen molar-refractivity contribution in [3.05, 3.63) is 88.8 Å². The van der Waals surface area contributed by atoms with Crippen molar-refractivity contribution < 1.29 is 23.1 Å². The van der Waals surface area contributed by atoms with Crippen molar-refractivity contribution in [2.75, 3.05) is 17.7 Å². The standard InChI is InChI=1S/C26H23ClF2N6O3/c1-14(2)20-13-22(35(34-20)18-11-15(28)10-16(29)12-18)33-26(37)32-17-4-6-19(7-5-17)38-21-8-9-31-24(23(21)27)25(36)30-3/h4-14H,1-3H3,(H,30,36)(H2,32,33,37). The van der Waals surface area contributed by atoms with Crippen LogP contribution in [0.4, 0.5) is 25.1 Å². The molecule has 0 spiro atoms. The summed E-state index contributed by atoms with van der Waals surface area (Å²) in [7, 11) is 1.47. The summed E-state index contributed by atoms with van der Waals surface area (Å²) in [4.78, 5) is 28.6. The molecule has 0 aliphatic rings. The fourth-order valence-electron chi connectivity index (χ4n) is 3.42. The highest BCUT2D eigenvalue weighted by Crippen LogP contribution is 2.31. The highest BCUT2D eigenvalue weighted by atomic mass is 35.5. The number of hydrogen-bond donors (Lipinski definition) is 3. The fraction of sp³-hybridized carbons (Fsp3) is 0.154. The van der Waals surface area contributed by atoms with Crippen molar-refractivity contribution in [2.24, 2.45) is 0 Å². The summed E-state index contributed by atoms with van der Waals surface area (Å²) in [5.41, 5.74) is 1.22. The Bertz CT molecular complexity index is 1470. The van der Waals surface area contributed by atoms with Crippen LogP contribution in [0, 0.1) is 11.6 Å². The molecule has 0 unspecified atom stereocenters. The van der Waals surface area contributed by atoms with E-state index in [1.165, 1.54) is 24.0 Å². The Labute approximate surface area is 221 Å². The lowest BCUT2D eigenvalue weighted by Gasteiger charge is -2.12. The number of halogens is 3. The molecule has 0 aliphatic carbocycles. The van der Waals surface area contributed by atoms with Gasteiger partial charge >= 0.3 is 6.03 Å². The van der Waals surface area contributed by atoms with Crippen LogP contribution in [-0.2, 0) is 0 Å². The molecule has 3 N–H and O–H groups in total. The Morgan fingerprint density at radius 3 is 2.32 bits per heavy atom. The minimum atomic E-state index is -0.766. The van der Waals surface area contributed by atoms with Crippen LogP contribution in [0.25, 0.3) is 5.69 Å². The van der Waals surface area contributed by atoms with Gasteiger partial charge in [0.1, 0.15) is 39.7 Å². The van der Waals surface area contributed by atoms with E-state index in [0.29, 0.717) is 17.1 Å². The number of benzene rings is 2. The topological polar surface area (TPSA) is 110 Å². The van der Waals surface area contributed by atoms with E-state index in [2.05, 4.69) is 26.0 Å². The average molecular weight is 541 g/mol. The van der Waals surface area contributed by atoms with Gasteiger partial charge in [0.2, 0.25) is 0 Å². The summed E-state index contributed by atoms with van der Waals surface area (Å²) < 4.78 is 34.6. The summed E-state index contributed by atoms with van der Waals surface area (Å²) >= 11 is 6.24. The summed E-state index contributed by atoms with van der Waals surface area (Å²) in [6, 6.07) is 12.0. The molecular formula is C26H23ClF2N6O3. The number of urea groups is 1. The Hall–Kier alpha value is -4.51. The molecule has 0 atom stereocenters. The quantitative estimate of drug-likeness (QED) is 0.262. The second kappa shape index (κ2) is 11.3. The van der Waals surface area contributed by atoms with Crippen LogP contribution in [-0.4, -0.2) is 33.8 Å². The lowest BCUT2D eigenvalue weighted by molar-refractivity contribution is 0.0958. The van der Waals surface area contributed by atoms with E-state index in [9.17, 15) is 18.4 Å². The number of carbonyl (C=O) groups is 2. The van der Waals surface area contributed by atoms with E-state index in [-0.39, 0.29) is 33.9 Å². The zero-order valence-electron chi connectivity index (χ0n) is 20.6. The monoisotopic (exact) mass is 540 g/mol. The molecule has 0 saturated heterocycles. The van der Waals surface area contributed by atoms with E-state index >= 15 is 0 Å².